The third-order valence-corrected chi connectivity index (χ3v) is 2.17. The molecule has 15 heavy (non-hydrogen) atoms. The van der Waals surface area contributed by atoms with E-state index in [1.165, 1.54) is 0 Å². The van der Waals surface area contributed by atoms with E-state index in [0.29, 0.717) is 6.42 Å². The molecule has 0 aliphatic heterocycles. The first-order valence-electron chi connectivity index (χ1n) is 5.31. The van der Waals surface area contributed by atoms with Crippen LogP contribution in [0.2, 0.25) is 0 Å². The summed E-state index contributed by atoms with van der Waals surface area (Å²) in [6.45, 7) is 5.70. The maximum atomic E-state index is 11.3. The van der Waals surface area contributed by atoms with Gasteiger partial charge in [-0.15, -0.1) is 0 Å². The number of urea groups is 1. The molecular weight excluding hydrogens is 196 g/mol. The summed E-state index contributed by atoms with van der Waals surface area (Å²) in [6, 6.07) is -1.15. The highest BCUT2D eigenvalue weighted by atomic mass is 16.4. The second-order valence-electron chi connectivity index (χ2n) is 3.61. The van der Waals surface area contributed by atoms with E-state index in [1.807, 2.05) is 20.8 Å². The Morgan fingerprint density at radius 3 is 2.27 bits per heavy atom. The van der Waals surface area contributed by atoms with Crippen LogP contribution >= 0.6 is 0 Å². The van der Waals surface area contributed by atoms with Crippen LogP contribution in [0.1, 0.15) is 40.0 Å². The Hall–Kier alpha value is -1.26. The normalized spacial score (nSPS) is 14.1. The van der Waals surface area contributed by atoms with E-state index in [9.17, 15) is 9.59 Å². The van der Waals surface area contributed by atoms with E-state index in [1.54, 1.807) is 0 Å². The first-order chi connectivity index (χ1) is 7.01. The van der Waals surface area contributed by atoms with Gasteiger partial charge in [0.2, 0.25) is 0 Å². The fourth-order valence-corrected chi connectivity index (χ4v) is 1.07. The molecule has 0 saturated heterocycles. The maximum absolute atomic E-state index is 11.3. The second kappa shape index (κ2) is 7.09. The summed E-state index contributed by atoms with van der Waals surface area (Å²) in [4.78, 5) is 22.1. The molecule has 0 radical (unpaired) electrons. The van der Waals surface area contributed by atoms with Crippen LogP contribution < -0.4 is 10.6 Å². The molecule has 0 aliphatic carbocycles. The van der Waals surface area contributed by atoms with Crippen LogP contribution in [0.15, 0.2) is 0 Å². The molecule has 2 unspecified atom stereocenters. The topological polar surface area (TPSA) is 78.4 Å². The van der Waals surface area contributed by atoms with E-state index in [0.717, 1.165) is 12.8 Å². The Morgan fingerprint density at radius 2 is 1.87 bits per heavy atom. The molecular formula is C10H20N2O3. The average Bonchev–Trinajstić information content (AvgIpc) is 2.16. The summed E-state index contributed by atoms with van der Waals surface area (Å²) in [6.07, 6.45) is 1.99. The number of carboxylic acid groups (broad SMARTS) is 1. The predicted molar refractivity (Wildman–Crippen MR) is 57.8 cm³/mol. The molecule has 0 fully saturated rings. The Morgan fingerprint density at radius 1 is 1.27 bits per heavy atom. The SMILES string of the molecule is CCCC(NC(=O)NC(C)CC)C(=O)O. The van der Waals surface area contributed by atoms with Gasteiger partial charge >= 0.3 is 12.0 Å². The second-order valence-corrected chi connectivity index (χ2v) is 3.61. The van der Waals surface area contributed by atoms with Gasteiger partial charge in [-0.1, -0.05) is 20.3 Å². The first kappa shape index (κ1) is 13.7. The van der Waals surface area contributed by atoms with Gasteiger partial charge in [-0.25, -0.2) is 9.59 Å². The van der Waals surface area contributed by atoms with Gasteiger partial charge in [-0.3, -0.25) is 0 Å². The monoisotopic (exact) mass is 216 g/mol. The number of amides is 2. The van der Waals surface area contributed by atoms with Crippen LogP contribution in [-0.4, -0.2) is 29.2 Å². The lowest BCUT2D eigenvalue weighted by Crippen LogP contribution is -2.48. The van der Waals surface area contributed by atoms with E-state index < -0.39 is 18.0 Å². The maximum Gasteiger partial charge on any atom is 0.326 e. The Kier molecular flexibility index (Phi) is 6.49. The molecule has 0 aromatic heterocycles. The Labute approximate surface area is 90.2 Å². The van der Waals surface area contributed by atoms with Crippen LogP contribution in [0.25, 0.3) is 0 Å². The van der Waals surface area contributed by atoms with Crippen molar-refractivity contribution in [3.05, 3.63) is 0 Å². The first-order valence-corrected chi connectivity index (χ1v) is 5.31. The van der Waals surface area contributed by atoms with Crippen molar-refractivity contribution in [2.24, 2.45) is 0 Å². The summed E-state index contributed by atoms with van der Waals surface area (Å²) in [5.41, 5.74) is 0. The fraction of sp³-hybridized carbons (Fsp3) is 0.800. The van der Waals surface area contributed by atoms with Crippen molar-refractivity contribution in [3.63, 3.8) is 0 Å². The fourth-order valence-electron chi connectivity index (χ4n) is 1.07. The van der Waals surface area contributed by atoms with Gasteiger partial charge in [0.05, 0.1) is 0 Å². The Bertz CT molecular complexity index is 219. The molecule has 0 aromatic rings. The molecule has 0 aliphatic rings. The number of aliphatic carboxylic acids is 1. The number of nitrogens with one attached hydrogen (secondary N) is 2. The average molecular weight is 216 g/mol. The third-order valence-electron chi connectivity index (χ3n) is 2.17. The van der Waals surface area contributed by atoms with Gasteiger partial charge in [0, 0.05) is 6.04 Å². The van der Waals surface area contributed by atoms with Crippen LogP contribution in [-0.2, 0) is 4.79 Å². The molecule has 0 rings (SSSR count). The summed E-state index contributed by atoms with van der Waals surface area (Å²) in [5, 5.41) is 13.9. The van der Waals surface area contributed by atoms with Crippen LogP contribution in [0.4, 0.5) is 4.79 Å². The van der Waals surface area contributed by atoms with Crippen LogP contribution in [0.5, 0.6) is 0 Å². The molecule has 0 aromatic carbocycles. The van der Waals surface area contributed by atoms with Gasteiger partial charge < -0.3 is 15.7 Å². The highest BCUT2D eigenvalue weighted by Gasteiger charge is 2.18. The van der Waals surface area contributed by atoms with Gasteiger partial charge in [0.15, 0.2) is 0 Å². The molecule has 0 spiro atoms. The van der Waals surface area contributed by atoms with Crippen molar-refractivity contribution < 1.29 is 14.7 Å². The quantitative estimate of drug-likeness (QED) is 0.627. The van der Waals surface area contributed by atoms with E-state index in [4.69, 9.17) is 5.11 Å². The van der Waals surface area contributed by atoms with Crippen molar-refractivity contribution >= 4 is 12.0 Å². The number of hydrogen-bond acceptors (Lipinski definition) is 2. The molecule has 2 atom stereocenters. The zero-order chi connectivity index (χ0) is 11.8. The summed E-state index contributed by atoms with van der Waals surface area (Å²) >= 11 is 0. The minimum atomic E-state index is -0.990. The van der Waals surface area contributed by atoms with Gasteiger partial charge in [0.25, 0.3) is 0 Å². The minimum absolute atomic E-state index is 0.0565. The lowest BCUT2D eigenvalue weighted by atomic mass is 10.2. The highest BCUT2D eigenvalue weighted by Crippen LogP contribution is 1.97. The zero-order valence-electron chi connectivity index (χ0n) is 9.54. The molecule has 3 N–H and O–H groups in total. The van der Waals surface area contributed by atoms with E-state index in [-0.39, 0.29) is 6.04 Å². The van der Waals surface area contributed by atoms with Gasteiger partial charge in [0.1, 0.15) is 6.04 Å². The largest absolute Gasteiger partial charge is 0.480 e. The van der Waals surface area contributed by atoms with E-state index >= 15 is 0 Å². The molecule has 0 bridgehead atoms. The van der Waals surface area contributed by atoms with Crippen molar-refractivity contribution in [3.8, 4) is 0 Å². The summed E-state index contributed by atoms with van der Waals surface area (Å²) in [5.74, 6) is -0.990. The molecule has 0 heterocycles. The standard InChI is InChI=1S/C10H20N2O3/c1-4-6-8(9(13)14)12-10(15)11-7(3)5-2/h7-8H,4-6H2,1-3H3,(H,13,14)(H2,11,12,15). The number of rotatable bonds is 6. The van der Waals surface area contributed by atoms with Gasteiger partial charge in [-0.05, 0) is 19.8 Å². The summed E-state index contributed by atoms with van der Waals surface area (Å²) < 4.78 is 0. The van der Waals surface area contributed by atoms with Gasteiger partial charge in [-0.2, -0.15) is 0 Å². The molecule has 5 nitrogen and oxygen atoms in total. The van der Waals surface area contributed by atoms with Crippen molar-refractivity contribution in [2.75, 3.05) is 0 Å². The predicted octanol–water partition coefficient (Wildman–Crippen LogP) is 1.34. The minimum Gasteiger partial charge on any atom is -0.480 e. The number of carbonyl (C=O) groups excluding carboxylic acids is 1. The zero-order valence-corrected chi connectivity index (χ0v) is 9.54. The molecule has 5 heteroatoms. The highest BCUT2D eigenvalue weighted by molar-refractivity contribution is 5.82. The molecule has 88 valence electrons. The summed E-state index contributed by atoms with van der Waals surface area (Å²) in [7, 11) is 0. The van der Waals surface area contributed by atoms with Crippen molar-refractivity contribution in [1.82, 2.24) is 10.6 Å². The molecule has 2 amide bonds. The number of hydrogen-bond donors (Lipinski definition) is 3. The van der Waals surface area contributed by atoms with Crippen molar-refractivity contribution in [2.45, 2.75) is 52.1 Å². The Balaban J connectivity index is 4.05. The van der Waals surface area contributed by atoms with E-state index in [2.05, 4.69) is 10.6 Å². The smallest absolute Gasteiger partial charge is 0.326 e. The number of carboxylic acids is 1. The van der Waals surface area contributed by atoms with Crippen LogP contribution in [0, 0.1) is 0 Å². The van der Waals surface area contributed by atoms with Crippen LogP contribution in [0.3, 0.4) is 0 Å². The number of carbonyl (C=O) groups is 2. The molecule has 0 saturated carbocycles. The lowest BCUT2D eigenvalue weighted by Gasteiger charge is -2.16. The van der Waals surface area contributed by atoms with Crippen molar-refractivity contribution in [1.29, 1.82) is 0 Å². The lowest BCUT2D eigenvalue weighted by molar-refractivity contribution is -0.139. The third kappa shape index (κ3) is 5.93.